The minimum atomic E-state index is -0.447. The van der Waals surface area contributed by atoms with Crippen LogP contribution in [-0.4, -0.2) is 61.5 Å². The highest BCUT2D eigenvalue weighted by Gasteiger charge is 2.37. The molecule has 1 saturated carbocycles. The van der Waals surface area contributed by atoms with E-state index in [0.717, 1.165) is 56.9 Å². The van der Waals surface area contributed by atoms with Gasteiger partial charge in [0.25, 0.3) is 0 Å². The first-order valence-electron chi connectivity index (χ1n) is 10.3. The Bertz CT molecular complexity index is 757. The van der Waals surface area contributed by atoms with Crippen LogP contribution in [0.25, 0.3) is 0 Å². The Morgan fingerprint density at radius 3 is 2.27 bits per heavy atom. The monoisotopic (exact) mass is 454 g/mol. The maximum atomic E-state index is 11.0. The zero-order chi connectivity index (χ0) is 19.3. The smallest absolute Gasteiger partial charge is 0.126 e. The molecule has 30 heavy (non-hydrogen) atoms. The summed E-state index contributed by atoms with van der Waals surface area (Å²) in [5, 5.41) is 11.0. The van der Waals surface area contributed by atoms with Gasteiger partial charge in [-0.25, -0.2) is 0 Å². The fourth-order valence-corrected chi connectivity index (χ4v) is 4.44. The van der Waals surface area contributed by atoms with Crippen molar-refractivity contribution in [2.45, 2.75) is 37.5 Å². The lowest BCUT2D eigenvalue weighted by Crippen LogP contribution is -2.58. The van der Waals surface area contributed by atoms with Crippen LogP contribution in [0, 0.1) is 0 Å². The van der Waals surface area contributed by atoms with Crippen LogP contribution in [0.1, 0.15) is 19.3 Å². The Labute approximate surface area is 191 Å². The number of rotatable bonds is 5. The van der Waals surface area contributed by atoms with Crippen molar-refractivity contribution < 1.29 is 14.6 Å². The van der Waals surface area contributed by atoms with Crippen molar-refractivity contribution in [3.8, 4) is 11.5 Å². The van der Waals surface area contributed by atoms with Gasteiger partial charge in [-0.15, -0.1) is 24.8 Å². The van der Waals surface area contributed by atoms with Gasteiger partial charge in [-0.3, -0.25) is 4.90 Å². The molecule has 7 heteroatoms. The Kier molecular flexibility index (Phi) is 9.56. The normalized spacial score (nSPS) is 24.3. The minimum absolute atomic E-state index is 0. The molecule has 2 aromatic carbocycles. The number of ether oxygens (including phenoxy) is 2. The predicted molar refractivity (Wildman–Crippen MR) is 126 cm³/mol. The third-order valence-corrected chi connectivity index (χ3v) is 6.00. The number of aliphatic hydroxyl groups excluding tert-OH is 1. The van der Waals surface area contributed by atoms with Crippen LogP contribution in [0.15, 0.2) is 54.6 Å². The summed E-state index contributed by atoms with van der Waals surface area (Å²) in [5.41, 5.74) is 1.20. The number of methoxy groups -OCH3 is 1. The minimum Gasteiger partial charge on any atom is -0.497 e. The van der Waals surface area contributed by atoms with Crippen molar-refractivity contribution in [3.63, 3.8) is 0 Å². The molecule has 166 valence electrons. The third-order valence-electron chi connectivity index (χ3n) is 6.00. The molecule has 0 amide bonds. The van der Waals surface area contributed by atoms with Crippen LogP contribution in [-0.2, 0) is 0 Å². The van der Waals surface area contributed by atoms with E-state index in [4.69, 9.17) is 9.47 Å². The lowest BCUT2D eigenvalue weighted by molar-refractivity contribution is -0.0546. The maximum Gasteiger partial charge on any atom is 0.126 e. The van der Waals surface area contributed by atoms with E-state index in [2.05, 4.69) is 21.9 Å². The second-order valence-electron chi connectivity index (χ2n) is 7.68. The van der Waals surface area contributed by atoms with Crippen LogP contribution in [0.3, 0.4) is 0 Å². The second kappa shape index (κ2) is 11.7. The molecule has 0 aromatic heterocycles. The lowest BCUT2D eigenvalue weighted by Gasteiger charge is -2.45. The van der Waals surface area contributed by atoms with Crippen LogP contribution < -0.4 is 14.4 Å². The highest BCUT2D eigenvalue weighted by molar-refractivity contribution is 5.85. The fourth-order valence-electron chi connectivity index (χ4n) is 4.44. The Morgan fingerprint density at radius 1 is 0.867 bits per heavy atom. The van der Waals surface area contributed by atoms with Crippen molar-refractivity contribution >= 4 is 30.5 Å². The number of anilines is 1. The quantitative estimate of drug-likeness (QED) is 0.738. The van der Waals surface area contributed by atoms with E-state index in [-0.39, 0.29) is 37.0 Å². The number of halogens is 2. The van der Waals surface area contributed by atoms with Gasteiger partial charge >= 0.3 is 0 Å². The molecular weight excluding hydrogens is 423 g/mol. The Balaban J connectivity index is 0.00000160. The van der Waals surface area contributed by atoms with Crippen molar-refractivity contribution in [2.75, 3.05) is 38.2 Å². The van der Waals surface area contributed by atoms with Crippen LogP contribution >= 0.6 is 24.8 Å². The summed E-state index contributed by atoms with van der Waals surface area (Å²) in [5.74, 6) is 1.73. The zero-order valence-electron chi connectivity index (χ0n) is 17.4. The average molecular weight is 455 g/mol. The molecule has 2 aromatic rings. The Hall–Kier alpha value is -1.66. The zero-order valence-corrected chi connectivity index (χ0v) is 19.0. The van der Waals surface area contributed by atoms with E-state index in [1.165, 1.54) is 5.69 Å². The summed E-state index contributed by atoms with van der Waals surface area (Å²) < 4.78 is 11.5. The third kappa shape index (κ3) is 5.73. The summed E-state index contributed by atoms with van der Waals surface area (Å²) in [6, 6.07) is 18.3. The highest BCUT2D eigenvalue weighted by Crippen LogP contribution is 2.29. The SMILES string of the molecule is COc1cccc(N2CCN([C@H]3CCC[C@@H](Oc4ccccc4)[C@@H]3O)CC2)c1.Cl.Cl. The second-order valence-corrected chi connectivity index (χ2v) is 7.68. The summed E-state index contributed by atoms with van der Waals surface area (Å²) in [7, 11) is 1.70. The number of nitrogens with zero attached hydrogens (tertiary/aromatic N) is 2. The van der Waals surface area contributed by atoms with E-state index >= 15 is 0 Å². The standard InChI is InChI=1S/C23H30N2O3.2ClH/c1-27-20-10-5-7-18(17-20)24-13-15-25(16-14-24)21-11-6-12-22(23(21)26)28-19-8-3-2-4-9-19;;/h2-5,7-10,17,21-23,26H,6,11-16H2,1H3;2*1H/t21-,22+,23+;;/m0../s1. The number of aliphatic hydroxyl groups is 1. The topological polar surface area (TPSA) is 45.2 Å². The molecule has 1 heterocycles. The van der Waals surface area contributed by atoms with Crippen LogP contribution in [0.2, 0.25) is 0 Å². The van der Waals surface area contributed by atoms with Gasteiger partial charge in [-0.05, 0) is 43.5 Å². The fraction of sp³-hybridized carbons (Fsp3) is 0.478. The Morgan fingerprint density at radius 2 is 1.57 bits per heavy atom. The first-order chi connectivity index (χ1) is 13.7. The summed E-state index contributed by atoms with van der Waals surface area (Å²) in [6.45, 7) is 3.83. The van der Waals surface area contributed by atoms with Crippen LogP contribution in [0.4, 0.5) is 5.69 Å². The molecule has 2 fully saturated rings. The van der Waals surface area contributed by atoms with Gasteiger partial charge < -0.3 is 19.5 Å². The maximum absolute atomic E-state index is 11.0. The molecule has 2 aliphatic rings. The average Bonchev–Trinajstić information content (AvgIpc) is 2.76. The van der Waals surface area contributed by atoms with Gasteiger partial charge in [0.1, 0.15) is 23.7 Å². The number of piperazine rings is 1. The van der Waals surface area contributed by atoms with E-state index < -0.39 is 6.10 Å². The summed E-state index contributed by atoms with van der Waals surface area (Å²) >= 11 is 0. The van der Waals surface area contributed by atoms with E-state index in [0.29, 0.717) is 0 Å². The largest absolute Gasteiger partial charge is 0.497 e. The van der Waals surface area contributed by atoms with Crippen molar-refractivity contribution in [1.82, 2.24) is 4.90 Å². The molecule has 5 nitrogen and oxygen atoms in total. The van der Waals surface area contributed by atoms with Gasteiger partial charge in [-0.1, -0.05) is 24.3 Å². The van der Waals surface area contributed by atoms with Gasteiger partial charge in [0.05, 0.1) is 7.11 Å². The van der Waals surface area contributed by atoms with Crippen LogP contribution in [0.5, 0.6) is 11.5 Å². The molecule has 1 aliphatic heterocycles. The first kappa shape index (κ1) is 24.6. The summed E-state index contributed by atoms with van der Waals surface area (Å²) in [6.07, 6.45) is 2.47. The van der Waals surface area contributed by atoms with Gasteiger partial charge in [0, 0.05) is 44.0 Å². The summed E-state index contributed by atoms with van der Waals surface area (Å²) in [4.78, 5) is 4.84. The van der Waals surface area contributed by atoms with Crippen molar-refractivity contribution in [2.24, 2.45) is 0 Å². The lowest BCUT2D eigenvalue weighted by atomic mass is 9.88. The first-order valence-corrected chi connectivity index (χ1v) is 10.3. The van der Waals surface area contributed by atoms with Gasteiger partial charge in [0.15, 0.2) is 0 Å². The number of hydrogen-bond donors (Lipinski definition) is 1. The molecule has 0 unspecified atom stereocenters. The number of hydrogen-bond acceptors (Lipinski definition) is 5. The predicted octanol–water partition coefficient (Wildman–Crippen LogP) is 4.02. The molecule has 1 aliphatic carbocycles. The van der Waals surface area contributed by atoms with Gasteiger partial charge in [-0.2, -0.15) is 0 Å². The van der Waals surface area contributed by atoms with E-state index in [1.54, 1.807) is 7.11 Å². The van der Waals surface area contributed by atoms with Gasteiger partial charge in [0.2, 0.25) is 0 Å². The number of benzene rings is 2. The highest BCUT2D eigenvalue weighted by atomic mass is 35.5. The molecule has 3 atom stereocenters. The molecule has 0 spiro atoms. The van der Waals surface area contributed by atoms with Crippen molar-refractivity contribution in [1.29, 1.82) is 0 Å². The van der Waals surface area contributed by atoms with E-state index in [1.807, 2.05) is 42.5 Å². The molecule has 0 radical (unpaired) electrons. The van der Waals surface area contributed by atoms with E-state index in [9.17, 15) is 5.11 Å². The molecule has 0 bridgehead atoms. The number of para-hydroxylation sites is 1. The molecule has 1 saturated heterocycles. The molecule has 1 N–H and O–H groups in total. The molecule has 4 rings (SSSR count). The molecular formula is C23H32Cl2N2O3. The van der Waals surface area contributed by atoms with Crippen molar-refractivity contribution in [3.05, 3.63) is 54.6 Å².